The van der Waals surface area contributed by atoms with Crippen molar-refractivity contribution in [3.8, 4) is 0 Å². The van der Waals surface area contributed by atoms with E-state index in [4.69, 9.17) is 22.9 Å². The Hall–Kier alpha value is -6.87. The highest BCUT2D eigenvalue weighted by molar-refractivity contribution is 5.94. The summed E-state index contributed by atoms with van der Waals surface area (Å²) in [6, 6.07) is 2.12. The minimum Gasteiger partial charge on any atom is -0.477 e. The molecular weight excluding hydrogens is 831 g/mol. The van der Waals surface area contributed by atoms with Crippen molar-refractivity contribution in [3.63, 3.8) is 0 Å². The van der Waals surface area contributed by atoms with Crippen LogP contribution in [0.25, 0.3) is 22.1 Å². The summed E-state index contributed by atoms with van der Waals surface area (Å²) in [7, 11) is 3.58. The summed E-state index contributed by atoms with van der Waals surface area (Å²) in [6.07, 6.45) is 7.56. The summed E-state index contributed by atoms with van der Waals surface area (Å²) >= 11 is 0. The molecule has 22 heteroatoms. The number of aliphatic imine (C=N–C) groups is 4. The SMILES string of the molecule is CCn1cc(C)c(=O)c2cc(F)c(N3CCC(N(C)/C(N)=N/C(N)=NCCCCCCN=C(N)/N=C(\N)N(C)C4CCN(c5nc6c(cc5F)c(=O)c(C(=O)O)cn6CC)C4)C3)nc21. The number of aryl methyl sites for hydroxylation is 3. The van der Waals surface area contributed by atoms with Crippen molar-refractivity contribution in [1.29, 1.82) is 0 Å². The average molecular weight is 889 g/mol. The first-order chi connectivity index (χ1) is 30.5. The summed E-state index contributed by atoms with van der Waals surface area (Å²) in [5.74, 6) is -1.93. The van der Waals surface area contributed by atoms with Crippen molar-refractivity contribution < 1.29 is 18.7 Å². The maximum atomic E-state index is 15.3. The number of fused-ring (bicyclic) bond motifs is 2. The summed E-state index contributed by atoms with van der Waals surface area (Å²) in [5.41, 5.74) is 24.5. The number of hydrogen-bond acceptors (Lipinski definition) is 9. The number of unbranched alkanes of at least 4 members (excludes halogenated alkanes) is 3. The van der Waals surface area contributed by atoms with E-state index in [1.54, 1.807) is 41.8 Å². The standard InChI is InChI=1S/C42H58F2N16O4/c1-6-57-20-24(3)32(61)27-18-30(43)36(51-34(27)57)59-16-12-25(21-59)55(4)41(47)53-39(45)49-14-10-8-9-11-15-50-40(46)54-42(48)56(5)26-13-17-60(22-26)37-31(44)19-28-33(62)29(38(63)64)23-58(7-2)35(28)52-37/h18-20,23,25-26H,6-17,21-22H2,1-5H3,(H,63,64)(H4,45,47,49,53)(H4,46,48,50,54). The van der Waals surface area contributed by atoms with Crippen LogP contribution in [0.1, 0.15) is 68.3 Å². The molecule has 344 valence electrons. The zero-order valence-corrected chi connectivity index (χ0v) is 37.0. The maximum absolute atomic E-state index is 15.3. The second-order valence-corrected chi connectivity index (χ2v) is 16.1. The molecule has 2 unspecified atom stereocenters. The molecule has 0 amide bonds. The fraction of sp³-hybridized carbons (Fsp3) is 0.500. The van der Waals surface area contributed by atoms with Crippen LogP contribution in [0.4, 0.5) is 20.4 Å². The molecule has 2 aliphatic heterocycles. The van der Waals surface area contributed by atoms with Gasteiger partial charge in [0.15, 0.2) is 40.6 Å². The number of likely N-dealkylation sites (N-methyl/N-ethyl adjacent to an activating group) is 2. The highest BCUT2D eigenvalue weighted by Crippen LogP contribution is 2.28. The van der Waals surface area contributed by atoms with Crippen molar-refractivity contribution in [2.75, 3.05) is 63.2 Å². The van der Waals surface area contributed by atoms with Crippen molar-refractivity contribution >= 4 is 63.5 Å². The Morgan fingerprint density at radius 3 is 1.62 bits per heavy atom. The monoisotopic (exact) mass is 888 g/mol. The van der Waals surface area contributed by atoms with Gasteiger partial charge in [-0.15, -0.1) is 0 Å². The molecule has 4 aromatic rings. The Balaban J connectivity index is 0.922. The fourth-order valence-electron chi connectivity index (χ4n) is 8.08. The van der Waals surface area contributed by atoms with Crippen LogP contribution < -0.4 is 43.6 Å². The number of halogens is 2. The van der Waals surface area contributed by atoms with Crippen LogP contribution in [-0.2, 0) is 13.1 Å². The van der Waals surface area contributed by atoms with E-state index < -0.39 is 28.6 Å². The smallest absolute Gasteiger partial charge is 0.341 e. The van der Waals surface area contributed by atoms with Crippen molar-refractivity contribution in [3.05, 3.63) is 67.7 Å². The van der Waals surface area contributed by atoms with Crippen LogP contribution >= 0.6 is 0 Å². The Morgan fingerprint density at radius 2 is 1.19 bits per heavy atom. The number of aromatic nitrogens is 4. The van der Waals surface area contributed by atoms with Crippen LogP contribution in [0.3, 0.4) is 0 Å². The number of rotatable bonds is 14. The number of anilines is 2. The zero-order valence-electron chi connectivity index (χ0n) is 37.0. The second kappa shape index (κ2) is 20.1. The number of pyridine rings is 4. The molecule has 6 heterocycles. The molecule has 2 atom stereocenters. The molecule has 4 aromatic heterocycles. The predicted octanol–water partition coefficient (Wildman–Crippen LogP) is 1.97. The molecule has 2 fully saturated rings. The van der Waals surface area contributed by atoms with E-state index in [1.807, 2.05) is 23.4 Å². The molecule has 0 aromatic carbocycles. The van der Waals surface area contributed by atoms with E-state index in [-0.39, 0.29) is 69.4 Å². The number of carbonyl (C=O) groups is 1. The number of nitrogens with zero attached hydrogens (tertiary/aromatic N) is 12. The van der Waals surface area contributed by atoms with Gasteiger partial charge in [0, 0.05) is 84.4 Å². The van der Waals surface area contributed by atoms with Gasteiger partial charge >= 0.3 is 5.97 Å². The Labute approximate surface area is 368 Å². The number of carboxylic acid groups (broad SMARTS) is 1. The number of carboxylic acids is 1. The normalized spacial score (nSPS) is 17.6. The fourth-order valence-corrected chi connectivity index (χ4v) is 8.08. The molecule has 0 spiro atoms. The number of nitrogens with two attached hydrogens (primary N) is 4. The number of aromatic carboxylic acids is 1. The average Bonchev–Trinajstić information content (AvgIpc) is 3.96. The molecule has 0 aliphatic carbocycles. The van der Waals surface area contributed by atoms with E-state index >= 15 is 8.78 Å². The van der Waals surface area contributed by atoms with Crippen LogP contribution in [0.2, 0.25) is 0 Å². The first-order valence-electron chi connectivity index (χ1n) is 21.4. The summed E-state index contributed by atoms with van der Waals surface area (Å²) in [5, 5.41) is 9.60. The predicted molar refractivity (Wildman–Crippen MR) is 246 cm³/mol. The molecule has 20 nitrogen and oxygen atoms in total. The molecule has 6 rings (SSSR count). The van der Waals surface area contributed by atoms with Crippen LogP contribution in [0.5, 0.6) is 0 Å². The van der Waals surface area contributed by atoms with Gasteiger partial charge in [0.1, 0.15) is 16.9 Å². The van der Waals surface area contributed by atoms with Gasteiger partial charge in [-0.1, -0.05) is 12.8 Å². The molecule has 0 bridgehead atoms. The Kier molecular flexibility index (Phi) is 14.6. The number of hydrogen-bond donors (Lipinski definition) is 5. The minimum atomic E-state index is -1.39. The van der Waals surface area contributed by atoms with E-state index in [0.717, 1.165) is 31.7 Å². The molecule has 0 radical (unpaired) electrons. The second-order valence-electron chi connectivity index (χ2n) is 16.1. The molecule has 2 aliphatic rings. The lowest BCUT2D eigenvalue weighted by Crippen LogP contribution is -2.44. The molecule has 64 heavy (non-hydrogen) atoms. The van der Waals surface area contributed by atoms with Gasteiger partial charge in [-0.3, -0.25) is 19.6 Å². The van der Waals surface area contributed by atoms with Crippen molar-refractivity contribution in [1.82, 2.24) is 28.9 Å². The minimum absolute atomic E-state index is 0.0407. The van der Waals surface area contributed by atoms with Gasteiger partial charge in [0.05, 0.1) is 22.9 Å². The first kappa shape index (κ1) is 46.6. The lowest BCUT2D eigenvalue weighted by atomic mass is 10.2. The van der Waals surface area contributed by atoms with Gasteiger partial charge in [0.2, 0.25) is 17.3 Å². The highest BCUT2D eigenvalue weighted by Gasteiger charge is 2.32. The van der Waals surface area contributed by atoms with Gasteiger partial charge in [-0.25, -0.2) is 23.5 Å². The van der Waals surface area contributed by atoms with Crippen LogP contribution in [0, 0.1) is 18.6 Å². The Bertz CT molecular complexity index is 2640. The summed E-state index contributed by atoms with van der Waals surface area (Å²) in [4.78, 5) is 70.5. The van der Waals surface area contributed by atoms with Crippen molar-refractivity contribution in [2.24, 2.45) is 42.9 Å². The van der Waals surface area contributed by atoms with Crippen LogP contribution in [-0.4, -0.2) is 129 Å². The third-order valence-electron chi connectivity index (χ3n) is 11.9. The summed E-state index contributed by atoms with van der Waals surface area (Å²) in [6.45, 7) is 9.12. The van der Waals surface area contributed by atoms with Gasteiger partial charge in [0.25, 0.3) is 0 Å². The number of guanidine groups is 4. The van der Waals surface area contributed by atoms with E-state index in [1.165, 1.54) is 16.8 Å². The topological polar surface area (TPSA) is 274 Å². The van der Waals surface area contributed by atoms with E-state index in [0.29, 0.717) is 76.4 Å². The lowest BCUT2D eigenvalue weighted by molar-refractivity contribution is 0.0694. The largest absolute Gasteiger partial charge is 0.477 e. The van der Waals surface area contributed by atoms with Crippen LogP contribution in [0.15, 0.2) is 54.1 Å². The van der Waals surface area contributed by atoms with Gasteiger partial charge in [-0.2, -0.15) is 9.98 Å². The van der Waals surface area contributed by atoms with E-state index in [2.05, 4.69) is 29.9 Å². The van der Waals surface area contributed by atoms with E-state index in [9.17, 15) is 19.5 Å². The van der Waals surface area contributed by atoms with Crippen molar-refractivity contribution in [2.45, 2.75) is 84.5 Å². The van der Waals surface area contributed by atoms with Gasteiger partial charge in [-0.05, 0) is 58.6 Å². The highest BCUT2D eigenvalue weighted by atomic mass is 19.1. The summed E-state index contributed by atoms with van der Waals surface area (Å²) < 4.78 is 34.0. The molecule has 0 saturated carbocycles. The molecule has 9 N–H and O–H groups in total. The third kappa shape index (κ3) is 10.2. The molecular formula is C42H58F2N16O4. The molecule has 2 saturated heterocycles. The third-order valence-corrected chi connectivity index (χ3v) is 11.9. The van der Waals surface area contributed by atoms with Gasteiger partial charge < -0.3 is 56.8 Å². The zero-order chi connectivity index (χ0) is 46.4. The maximum Gasteiger partial charge on any atom is 0.341 e. The quantitative estimate of drug-likeness (QED) is 0.0689. The first-order valence-corrected chi connectivity index (χ1v) is 21.4. The lowest BCUT2D eigenvalue weighted by Gasteiger charge is -2.26. The Morgan fingerprint density at radius 1 is 0.750 bits per heavy atom.